The van der Waals surface area contributed by atoms with Crippen LogP contribution in [0.2, 0.25) is 0 Å². The molecule has 1 atom stereocenters. The van der Waals surface area contributed by atoms with Crippen LogP contribution in [0.5, 0.6) is 5.75 Å². The lowest BCUT2D eigenvalue weighted by atomic mass is 10.00. The number of rotatable bonds is 2. The fourth-order valence-electron chi connectivity index (χ4n) is 2.32. The molecule has 1 aliphatic rings. The van der Waals surface area contributed by atoms with E-state index < -0.39 is 29.2 Å². The molecule has 1 heterocycles. The van der Waals surface area contributed by atoms with Gasteiger partial charge < -0.3 is 14.8 Å². The summed E-state index contributed by atoms with van der Waals surface area (Å²) in [4.78, 5) is 24.4. The fourth-order valence-corrected chi connectivity index (χ4v) is 2.32. The predicted octanol–water partition coefficient (Wildman–Crippen LogP) is 2.68. The summed E-state index contributed by atoms with van der Waals surface area (Å²) in [5.74, 6) is -2.35. The Balaban J connectivity index is 2.23. The molecule has 0 spiro atoms. The quantitative estimate of drug-likeness (QED) is 0.674. The minimum absolute atomic E-state index is 0.0507. The van der Waals surface area contributed by atoms with E-state index in [0.717, 1.165) is 0 Å². The third-order valence-corrected chi connectivity index (χ3v) is 3.35. The maximum absolute atomic E-state index is 13.8. The molecule has 1 aromatic rings. The number of ether oxygens (including phenoxy) is 2. The molecule has 6 heteroatoms. The van der Waals surface area contributed by atoms with Crippen molar-refractivity contribution in [2.45, 2.75) is 39.2 Å². The zero-order chi connectivity index (χ0) is 16.5. The summed E-state index contributed by atoms with van der Waals surface area (Å²) in [6.07, 6.45) is 0.679. The Morgan fingerprint density at radius 2 is 2.05 bits per heavy atom. The molecule has 0 aliphatic carbocycles. The molecule has 0 radical (unpaired) electrons. The van der Waals surface area contributed by atoms with Crippen molar-refractivity contribution in [2.75, 3.05) is 12.4 Å². The van der Waals surface area contributed by atoms with Gasteiger partial charge in [-0.25, -0.2) is 4.39 Å². The molecule has 1 aromatic carbocycles. The van der Waals surface area contributed by atoms with Crippen molar-refractivity contribution in [3.8, 4) is 5.75 Å². The maximum atomic E-state index is 13.8. The molecular weight excluding hydrogens is 289 g/mol. The molecular formula is C16H20FNO4. The van der Waals surface area contributed by atoms with Gasteiger partial charge in [0.2, 0.25) is 5.91 Å². The van der Waals surface area contributed by atoms with E-state index in [1.807, 2.05) is 0 Å². The van der Waals surface area contributed by atoms with Gasteiger partial charge in [-0.05, 0) is 45.2 Å². The van der Waals surface area contributed by atoms with Crippen molar-refractivity contribution in [3.05, 3.63) is 23.5 Å². The van der Waals surface area contributed by atoms with Crippen LogP contribution in [0.15, 0.2) is 12.1 Å². The van der Waals surface area contributed by atoms with Gasteiger partial charge in [0.25, 0.3) is 0 Å². The number of carbonyl (C=O) groups is 2. The molecule has 5 nitrogen and oxygen atoms in total. The van der Waals surface area contributed by atoms with E-state index >= 15 is 0 Å². The van der Waals surface area contributed by atoms with Crippen molar-refractivity contribution in [1.29, 1.82) is 0 Å². The first-order valence-electron chi connectivity index (χ1n) is 7.11. The number of methoxy groups -OCH3 is 1. The van der Waals surface area contributed by atoms with E-state index in [2.05, 4.69) is 5.32 Å². The number of hydrogen-bond acceptors (Lipinski definition) is 4. The summed E-state index contributed by atoms with van der Waals surface area (Å²) < 4.78 is 23.9. The van der Waals surface area contributed by atoms with Crippen molar-refractivity contribution in [1.82, 2.24) is 0 Å². The van der Waals surface area contributed by atoms with E-state index in [1.54, 1.807) is 20.8 Å². The summed E-state index contributed by atoms with van der Waals surface area (Å²) >= 11 is 0. The number of nitrogens with one attached hydrogen (secondary N) is 1. The Kier molecular flexibility index (Phi) is 4.39. The molecule has 1 aliphatic heterocycles. The summed E-state index contributed by atoms with van der Waals surface area (Å²) in [6.45, 7) is 5.23. The van der Waals surface area contributed by atoms with Crippen LogP contribution >= 0.6 is 0 Å². The van der Waals surface area contributed by atoms with Gasteiger partial charge in [0.1, 0.15) is 11.5 Å². The average molecular weight is 309 g/mol. The highest BCUT2D eigenvalue weighted by Crippen LogP contribution is 2.31. The van der Waals surface area contributed by atoms with Crippen LogP contribution in [-0.2, 0) is 20.7 Å². The van der Waals surface area contributed by atoms with Crippen molar-refractivity contribution in [3.63, 3.8) is 0 Å². The lowest BCUT2D eigenvalue weighted by molar-refractivity contribution is -0.161. The van der Waals surface area contributed by atoms with Gasteiger partial charge in [0.15, 0.2) is 11.6 Å². The monoisotopic (exact) mass is 309 g/mol. The van der Waals surface area contributed by atoms with Crippen LogP contribution in [-0.4, -0.2) is 24.6 Å². The fraction of sp³-hybridized carbons (Fsp3) is 0.500. The van der Waals surface area contributed by atoms with Crippen molar-refractivity contribution >= 4 is 17.6 Å². The van der Waals surface area contributed by atoms with Crippen LogP contribution in [0.4, 0.5) is 10.1 Å². The van der Waals surface area contributed by atoms with E-state index in [0.29, 0.717) is 17.7 Å². The number of fused-ring (bicyclic) bond motifs is 1. The normalized spacial score (nSPS) is 18.0. The van der Waals surface area contributed by atoms with E-state index in [-0.39, 0.29) is 12.2 Å². The minimum atomic E-state index is -0.902. The second kappa shape index (κ2) is 5.94. The highest BCUT2D eigenvalue weighted by atomic mass is 19.1. The van der Waals surface area contributed by atoms with E-state index in [4.69, 9.17) is 9.47 Å². The zero-order valence-corrected chi connectivity index (χ0v) is 13.2. The molecule has 22 heavy (non-hydrogen) atoms. The van der Waals surface area contributed by atoms with E-state index in [1.165, 1.54) is 19.2 Å². The first-order valence-corrected chi connectivity index (χ1v) is 7.11. The number of esters is 1. The number of benzene rings is 1. The third-order valence-electron chi connectivity index (χ3n) is 3.35. The van der Waals surface area contributed by atoms with Crippen LogP contribution in [0.3, 0.4) is 0 Å². The Labute approximate surface area is 128 Å². The average Bonchev–Trinajstić information content (AvgIpc) is 2.54. The lowest BCUT2D eigenvalue weighted by Crippen LogP contribution is -2.35. The first-order chi connectivity index (χ1) is 10.2. The molecule has 1 N–H and O–H groups in total. The third kappa shape index (κ3) is 3.55. The van der Waals surface area contributed by atoms with Gasteiger partial charge in [0, 0.05) is 11.8 Å². The summed E-state index contributed by atoms with van der Waals surface area (Å²) in [7, 11) is 1.35. The predicted molar refractivity (Wildman–Crippen MR) is 79.2 cm³/mol. The highest BCUT2D eigenvalue weighted by molar-refractivity contribution is 6.05. The number of hydrogen-bond donors (Lipinski definition) is 1. The molecule has 2 rings (SSSR count). The van der Waals surface area contributed by atoms with Gasteiger partial charge in [-0.15, -0.1) is 0 Å². The van der Waals surface area contributed by atoms with Crippen molar-refractivity contribution in [2.24, 2.45) is 5.92 Å². The minimum Gasteiger partial charge on any atom is -0.494 e. The Morgan fingerprint density at radius 1 is 1.36 bits per heavy atom. The first kappa shape index (κ1) is 16.3. The van der Waals surface area contributed by atoms with Gasteiger partial charge in [-0.3, -0.25) is 9.59 Å². The number of aryl methyl sites for hydroxylation is 1. The summed E-state index contributed by atoms with van der Waals surface area (Å²) in [6, 6.07) is 2.76. The van der Waals surface area contributed by atoms with Crippen LogP contribution < -0.4 is 10.1 Å². The Morgan fingerprint density at radius 3 is 2.64 bits per heavy atom. The molecule has 0 aromatic heterocycles. The highest BCUT2D eigenvalue weighted by Gasteiger charge is 2.33. The molecule has 1 amide bonds. The summed E-state index contributed by atoms with van der Waals surface area (Å²) in [5.41, 5.74) is 0.443. The number of halogens is 1. The molecule has 0 saturated heterocycles. The van der Waals surface area contributed by atoms with Gasteiger partial charge in [-0.1, -0.05) is 0 Å². The smallest absolute Gasteiger partial charge is 0.319 e. The van der Waals surface area contributed by atoms with Crippen LogP contribution in [0.25, 0.3) is 0 Å². The summed E-state index contributed by atoms with van der Waals surface area (Å²) in [5, 5.41) is 2.65. The number of anilines is 1. The molecule has 0 bridgehead atoms. The maximum Gasteiger partial charge on any atom is 0.319 e. The van der Waals surface area contributed by atoms with Gasteiger partial charge in [0.05, 0.1) is 7.11 Å². The molecule has 120 valence electrons. The Hall–Kier alpha value is -2.11. The van der Waals surface area contributed by atoms with Crippen LogP contribution in [0.1, 0.15) is 32.8 Å². The topological polar surface area (TPSA) is 64.6 Å². The van der Waals surface area contributed by atoms with Crippen LogP contribution in [0, 0.1) is 11.7 Å². The molecule has 1 unspecified atom stereocenters. The standard InChI is InChI=1S/C16H20FNO4/c1-16(2,3)22-15(20)10-6-5-9-7-11(17)13(21-4)8-12(9)18-14(10)19/h7-8,10H,5-6H2,1-4H3,(H,18,19). The number of carbonyl (C=O) groups excluding carboxylic acids is 2. The van der Waals surface area contributed by atoms with Gasteiger partial charge in [-0.2, -0.15) is 0 Å². The van der Waals surface area contributed by atoms with Crippen molar-refractivity contribution < 1.29 is 23.5 Å². The van der Waals surface area contributed by atoms with Gasteiger partial charge >= 0.3 is 5.97 Å². The Bertz CT molecular complexity index is 607. The lowest BCUT2D eigenvalue weighted by Gasteiger charge is -2.22. The molecule has 0 saturated carbocycles. The second-order valence-electron chi connectivity index (χ2n) is 6.26. The number of amides is 1. The largest absolute Gasteiger partial charge is 0.494 e. The molecule has 0 fully saturated rings. The second-order valence-corrected chi connectivity index (χ2v) is 6.26. The zero-order valence-electron chi connectivity index (χ0n) is 13.2. The van der Waals surface area contributed by atoms with E-state index in [9.17, 15) is 14.0 Å². The SMILES string of the molecule is COc1cc2c(cc1F)CCC(C(=O)OC(C)(C)C)C(=O)N2.